The summed E-state index contributed by atoms with van der Waals surface area (Å²) in [7, 11) is 0. The molecule has 0 unspecified atom stereocenters. The van der Waals surface area contributed by atoms with Crippen LogP contribution in [0.5, 0.6) is 0 Å². The van der Waals surface area contributed by atoms with E-state index in [0.717, 1.165) is 0 Å². The average molecular weight is 213 g/mol. The van der Waals surface area contributed by atoms with Crippen LogP contribution in [0.4, 0.5) is 14.6 Å². The molecule has 80 valence electrons. The maximum absolute atomic E-state index is 12.6. The number of alkyl halides is 2. The fourth-order valence-electron chi connectivity index (χ4n) is 1.54. The van der Waals surface area contributed by atoms with Gasteiger partial charge in [0.05, 0.1) is 5.56 Å². The predicted molar refractivity (Wildman–Crippen MR) is 51.0 cm³/mol. The van der Waals surface area contributed by atoms with Crippen LogP contribution in [-0.4, -0.2) is 24.1 Å². The molecule has 0 spiro atoms. The monoisotopic (exact) mass is 213 g/mol. The minimum atomic E-state index is -2.54. The van der Waals surface area contributed by atoms with E-state index < -0.39 is 6.43 Å². The Bertz CT molecular complexity index is 366. The van der Waals surface area contributed by atoms with Gasteiger partial charge in [-0.3, -0.25) is 0 Å². The fraction of sp³-hybridized carbons (Fsp3) is 0.444. The van der Waals surface area contributed by atoms with Crippen LogP contribution in [0, 0.1) is 4.91 Å². The zero-order valence-corrected chi connectivity index (χ0v) is 7.81. The summed E-state index contributed by atoms with van der Waals surface area (Å²) in [5.41, 5.74) is -0.0955. The van der Waals surface area contributed by atoms with E-state index in [0.29, 0.717) is 13.1 Å². The lowest BCUT2D eigenvalue weighted by atomic mass is 10.1. The molecule has 0 radical (unpaired) electrons. The Kier molecular flexibility index (Phi) is 2.57. The van der Waals surface area contributed by atoms with Gasteiger partial charge >= 0.3 is 0 Å². The number of halogens is 2. The Morgan fingerprint density at radius 2 is 2.27 bits per heavy atom. The van der Waals surface area contributed by atoms with Gasteiger partial charge in [-0.1, -0.05) is 5.18 Å². The van der Waals surface area contributed by atoms with Crippen molar-refractivity contribution in [3.8, 4) is 0 Å². The summed E-state index contributed by atoms with van der Waals surface area (Å²) in [5, 5.41) is 2.84. The molecule has 0 aliphatic carbocycles. The first-order valence-corrected chi connectivity index (χ1v) is 4.53. The van der Waals surface area contributed by atoms with Crippen LogP contribution in [0.2, 0.25) is 0 Å². The van der Waals surface area contributed by atoms with E-state index >= 15 is 0 Å². The summed E-state index contributed by atoms with van der Waals surface area (Å²) in [6.07, 6.45) is -1.08. The van der Waals surface area contributed by atoms with E-state index in [1.165, 1.54) is 18.3 Å². The number of pyridine rings is 1. The van der Waals surface area contributed by atoms with Crippen molar-refractivity contribution < 1.29 is 8.78 Å². The van der Waals surface area contributed by atoms with Crippen LogP contribution in [0.3, 0.4) is 0 Å². The average Bonchev–Trinajstić information content (AvgIpc) is 2.16. The number of anilines is 1. The highest BCUT2D eigenvalue weighted by molar-refractivity contribution is 5.50. The first-order valence-electron chi connectivity index (χ1n) is 4.53. The van der Waals surface area contributed by atoms with Crippen LogP contribution in [0.25, 0.3) is 0 Å². The number of aromatic nitrogens is 1. The van der Waals surface area contributed by atoms with Gasteiger partial charge in [0.2, 0.25) is 0 Å². The van der Waals surface area contributed by atoms with Crippen LogP contribution in [-0.2, 0) is 0 Å². The molecule has 0 bridgehead atoms. The second kappa shape index (κ2) is 3.88. The van der Waals surface area contributed by atoms with Crippen LogP contribution >= 0.6 is 0 Å². The molecule has 0 aromatic carbocycles. The highest BCUT2D eigenvalue weighted by Gasteiger charge is 2.31. The number of hydrogen-bond acceptors (Lipinski definition) is 4. The van der Waals surface area contributed by atoms with E-state index in [1.54, 1.807) is 4.90 Å². The SMILES string of the molecule is O=NC1CN(c2ncccc2C(F)F)C1. The lowest BCUT2D eigenvalue weighted by Gasteiger charge is -2.36. The van der Waals surface area contributed by atoms with Gasteiger partial charge in [-0.05, 0) is 12.1 Å². The third-order valence-corrected chi connectivity index (χ3v) is 2.36. The van der Waals surface area contributed by atoms with E-state index in [4.69, 9.17) is 0 Å². The maximum Gasteiger partial charge on any atom is 0.267 e. The van der Waals surface area contributed by atoms with Crippen molar-refractivity contribution in [3.63, 3.8) is 0 Å². The van der Waals surface area contributed by atoms with Crippen molar-refractivity contribution in [1.29, 1.82) is 0 Å². The third-order valence-electron chi connectivity index (χ3n) is 2.36. The minimum Gasteiger partial charge on any atom is -0.352 e. The lowest BCUT2D eigenvalue weighted by Crippen LogP contribution is -2.50. The van der Waals surface area contributed by atoms with Gasteiger partial charge in [0.15, 0.2) is 0 Å². The van der Waals surface area contributed by atoms with Crippen molar-refractivity contribution >= 4 is 5.82 Å². The third kappa shape index (κ3) is 1.79. The van der Waals surface area contributed by atoms with Gasteiger partial charge in [-0.15, -0.1) is 0 Å². The van der Waals surface area contributed by atoms with Gasteiger partial charge in [-0.2, -0.15) is 4.91 Å². The summed E-state index contributed by atoms with van der Waals surface area (Å²) in [6, 6.07) is 2.52. The van der Waals surface area contributed by atoms with Gasteiger partial charge in [0.25, 0.3) is 6.43 Å². The zero-order valence-electron chi connectivity index (χ0n) is 7.81. The Morgan fingerprint density at radius 1 is 1.53 bits per heavy atom. The predicted octanol–water partition coefficient (Wildman–Crippen LogP) is 1.97. The molecule has 15 heavy (non-hydrogen) atoms. The molecule has 1 aromatic heterocycles. The van der Waals surface area contributed by atoms with Gasteiger partial charge in [0, 0.05) is 19.3 Å². The van der Waals surface area contributed by atoms with Crippen LogP contribution in [0.15, 0.2) is 23.5 Å². The Labute approximate surface area is 84.9 Å². The Morgan fingerprint density at radius 3 is 2.87 bits per heavy atom. The van der Waals surface area contributed by atoms with E-state index in [-0.39, 0.29) is 17.4 Å². The number of nitrogens with zero attached hydrogens (tertiary/aromatic N) is 3. The van der Waals surface area contributed by atoms with Crippen LogP contribution in [0.1, 0.15) is 12.0 Å². The molecular formula is C9H9F2N3O. The molecule has 1 aromatic rings. The first kappa shape index (κ1) is 9.95. The highest BCUT2D eigenvalue weighted by Crippen LogP contribution is 2.30. The number of nitroso groups, excluding NO2 is 1. The second-order valence-corrected chi connectivity index (χ2v) is 3.38. The smallest absolute Gasteiger partial charge is 0.267 e. The molecule has 0 amide bonds. The van der Waals surface area contributed by atoms with Crippen molar-refractivity contribution in [2.45, 2.75) is 12.5 Å². The molecule has 0 N–H and O–H groups in total. The minimum absolute atomic E-state index is 0.0955. The lowest BCUT2D eigenvalue weighted by molar-refractivity contribution is 0.151. The largest absolute Gasteiger partial charge is 0.352 e. The molecule has 1 aliphatic rings. The molecule has 4 nitrogen and oxygen atoms in total. The zero-order chi connectivity index (χ0) is 10.8. The van der Waals surface area contributed by atoms with Crippen molar-refractivity contribution in [1.82, 2.24) is 4.98 Å². The molecular weight excluding hydrogens is 204 g/mol. The number of hydrogen-bond donors (Lipinski definition) is 0. The Balaban J connectivity index is 2.18. The highest BCUT2D eigenvalue weighted by atomic mass is 19.3. The van der Waals surface area contributed by atoms with Gasteiger partial charge in [0.1, 0.15) is 11.9 Å². The van der Waals surface area contributed by atoms with E-state index in [9.17, 15) is 13.7 Å². The van der Waals surface area contributed by atoms with Gasteiger partial charge < -0.3 is 4.90 Å². The standard InChI is InChI=1S/C9H9F2N3O/c10-8(11)7-2-1-3-12-9(7)14-4-6(5-14)13-15/h1-3,6,8H,4-5H2. The summed E-state index contributed by atoms with van der Waals surface area (Å²) in [4.78, 5) is 15.7. The molecule has 2 rings (SSSR count). The first-order chi connectivity index (χ1) is 7.22. The van der Waals surface area contributed by atoms with Gasteiger partial charge in [-0.25, -0.2) is 13.8 Å². The molecule has 0 atom stereocenters. The fourth-order valence-corrected chi connectivity index (χ4v) is 1.54. The van der Waals surface area contributed by atoms with Crippen molar-refractivity contribution in [2.24, 2.45) is 5.18 Å². The molecule has 6 heteroatoms. The summed E-state index contributed by atoms with van der Waals surface area (Å²) < 4.78 is 25.2. The van der Waals surface area contributed by atoms with E-state index in [1.807, 2.05) is 0 Å². The topological polar surface area (TPSA) is 45.6 Å². The van der Waals surface area contributed by atoms with E-state index in [2.05, 4.69) is 10.2 Å². The van der Waals surface area contributed by atoms with Crippen molar-refractivity contribution in [3.05, 3.63) is 28.8 Å². The van der Waals surface area contributed by atoms with Crippen molar-refractivity contribution in [2.75, 3.05) is 18.0 Å². The second-order valence-electron chi connectivity index (χ2n) is 3.38. The molecule has 0 saturated carbocycles. The molecule has 1 saturated heterocycles. The molecule has 1 fully saturated rings. The normalized spacial score (nSPS) is 16.6. The molecule has 2 heterocycles. The number of rotatable bonds is 3. The summed E-state index contributed by atoms with van der Waals surface area (Å²) in [6.45, 7) is 0.750. The quantitative estimate of drug-likeness (QED) is 0.721. The van der Waals surface area contributed by atoms with Crippen LogP contribution < -0.4 is 4.90 Å². The molecule has 1 aliphatic heterocycles. The summed E-state index contributed by atoms with van der Waals surface area (Å²) >= 11 is 0. The Hall–Kier alpha value is -1.59. The summed E-state index contributed by atoms with van der Waals surface area (Å²) in [5.74, 6) is 0.257. The maximum atomic E-state index is 12.6.